The summed E-state index contributed by atoms with van der Waals surface area (Å²) in [6, 6.07) is 0. The van der Waals surface area contributed by atoms with Gasteiger partial charge in [-0.1, -0.05) is 104 Å². The molecule has 0 aromatic heterocycles. The zero-order valence-corrected chi connectivity index (χ0v) is 22.2. The van der Waals surface area contributed by atoms with E-state index in [1.54, 1.807) is 0 Å². The first-order valence-corrected chi connectivity index (χ1v) is 14.4. The number of carbonyl (C=O) groups excluding carboxylic acids is 2. The fourth-order valence-corrected chi connectivity index (χ4v) is 4.74. The van der Waals surface area contributed by atoms with Crippen molar-refractivity contribution in [1.82, 2.24) is 0 Å². The minimum atomic E-state index is -0.0590. The van der Waals surface area contributed by atoms with Crippen LogP contribution in [-0.2, 0) is 19.1 Å². The SMILES string of the molecule is CCCCCCCCCCCOC(=O)C1CCC(C(=O)OCCCCCCCC(C)C)CC1. The molecule has 0 amide bonds. The fourth-order valence-electron chi connectivity index (χ4n) is 4.74. The number of rotatable bonds is 20. The van der Waals surface area contributed by atoms with Crippen molar-refractivity contribution < 1.29 is 19.1 Å². The molecule has 0 heterocycles. The van der Waals surface area contributed by atoms with Gasteiger partial charge in [0.1, 0.15) is 0 Å². The number of hydrogen-bond acceptors (Lipinski definition) is 4. The first kappa shape index (κ1) is 30.0. The quantitative estimate of drug-likeness (QED) is 0.133. The molecule has 0 bridgehead atoms. The zero-order valence-electron chi connectivity index (χ0n) is 22.2. The lowest BCUT2D eigenvalue weighted by Gasteiger charge is -2.26. The highest BCUT2D eigenvalue weighted by Crippen LogP contribution is 2.30. The third-order valence-corrected chi connectivity index (χ3v) is 7.06. The largest absolute Gasteiger partial charge is 0.465 e. The Morgan fingerprint density at radius 2 is 0.970 bits per heavy atom. The van der Waals surface area contributed by atoms with E-state index in [1.807, 2.05) is 0 Å². The summed E-state index contributed by atoms with van der Waals surface area (Å²) in [6.07, 6.45) is 21.7. The van der Waals surface area contributed by atoms with Crippen molar-refractivity contribution in [2.75, 3.05) is 13.2 Å². The van der Waals surface area contributed by atoms with Gasteiger partial charge in [0.25, 0.3) is 0 Å². The summed E-state index contributed by atoms with van der Waals surface area (Å²) >= 11 is 0. The van der Waals surface area contributed by atoms with Gasteiger partial charge in [-0.05, 0) is 44.4 Å². The van der Waals surface area contributed by atoms with E-state index in [1.165, 1.54) is 70.6 Å². The van der Waals surface area contributed by atoms with Crippen LogP contribution in [0.2, 0.25) is 0 Å². The molecule has 0 N–H and O–H groups in total. The summed E-state index contributed by atoms with van der Waals surface area (Å²) in [5.41, 5.74) is 0. The van der Waals surface area contributed by atoms with Crippen molar-refractivity contribution in [2.45, 2.75) is 143 Å². The van der Waals surface area contributed by atoms with Crippen LogP contribution < -0.4 is 0 Å². The van der Waals surface area contributed by atoms with Gasteiger partial charge in [-0.3, -0.25) is 9.59 Å². The molecule has 0 radical (unpaired) electrons. The lowest BCUT2D eigenvalue weighted by molar-refractivity contribution is -0.155. The van der Waals surface area contributed by atoms with Gasteiger partial charge in [0.05, 0.1) is 25.0 Å². The van der Waals surface area contributed by atoms with Gasteiger partial charge in [0.15, 0.2) is 0 Å². The van der Waals surface area contributed by atoms with E-state index in [2.05, 4.69) is 20.8 Å². The lowest BCUT2D eigenvalue weighted by atomic mass is 9.82. The van der Waals surface area contributed by atoms with Gasteiger partial charge in [0, 0.05) is 0 Å². The predicted octanol–water partition coefficient (Wildman–Crippen LogP) is 8.41. The van der Waals surface area contributed by atoms with Crippen molar-refractivity contribution >= 4 is 11.9 Å². The van der Waals surface area contributed by atoms with E-state index in [-0.39, 0.29) is 23.8 Å². The molecule has 1 fully saturated rings. The van der Waals surface area contributed by atoms with E-state index in [4.69, 9.17) is 9.47 Å². The summed E-state index contributed by atoms with van der Waals surface area (Å²) < 4.78 is 11.0. The summed E-state index contributed by atoms with van der Waals surface area (Å²) in [5, 5.41) is 0. The average Bonchev–Trinajstić information content (AvgIpc) is 2.81. The molecule has 1 aliphatic rings. The van der Waals surface area contributed by atoms with Gasteiger partial charge in [-0.15, -0.1) is 0 Å². The Morgan fingerprint density at radius 3 is 1.36 bits per heavy atom. The second-order valence-electron chi connectivity index (χ2n) is 10.7. The molecule has 0 spiro atoms. The molecule has 0 atom stereocenters. The second kappa shape index (κ2) is 20.3. The maximum absolute atomic E-state index is 12.3. The Hall–Kier alpha value is -1.06. The van der Waals surface area contributed by atoms with E-state index in [9.17, 15) is 9.59 Å². The molecule has 1 rings (SSSR count). The van der Waals surface area contributed by atoms with Crippen LogP contribution >= 0.6 is 0 Å². The maximum Gasteiger partial charge on any atom is 0.308 e. The topological polar surface area (TPSA) is 52.6 Å². The number of ether oxygens (including phenoxy) is 2. The number of esters is 2. The zero-order chi connectivity index (χ0) is 24.2. The molecule has 194 valence electrons. The van der Waals surface area contributed by atoms with Crippen LogP contribution in [0.3, 0.4) is 0 Å². The maximum atomic E-state index is 12.3. The minimum Gasteiger partial charge on any atom is -0.465 e. The summed E-state index contributed by atoms with van der Waals surface area (Å²) in [4.78, 5) is 24.6. The Kier molecular flexibility index (Phi) is 18.5. The van der Waals surface area contributed by atoms with Gasteiger partial charge in [-0.25, -0.2) is 0 Å². The molecule has 1 aliphatic carbocycles. The Balaban J connectivity index is 1.97. The van der Waals surface area contributed by atoms with Crippen LogP contribution in [0.15, 0.2) is 0 Å². The van der Waals surface area contributed by atoms with Crippen molar-refractivity contribution in [1.29, 1.82) is 0 Å². The second-order valence-corrected chi connectivity index (χ2v) is 10.7. The monoisotopic (exact) mass is 466 g/mol. The highest BCUT2D eigenvalue weighted by molar-refractivity contribution is 5.75. The Labute approximate surface area is 205 Å². The molecule has 4 heteroatoms. The predicted molar refractivity (Wildman–Crippen MR) is 137 cm³/mol. The molecule has 0 saturated heterocycles. The molecule has 0 aromatic carbocycles. The van der Waals surface area contributed by atoms with Gasteiger partial charge in [0.2, 0.25) is 0 Å². The standard InChI is InChI=1S/C29H54O4/c1-4-5-6-7-8-9-10-13-16-23-32-28(30)26-19-21-27(22-20-26)29(31)33-24-17-14-11-12-15-18-25(2)3/h25-27H,4-24H2,1-3H3. The Morgan fingerprint density at radius 1 is 0.606 bits per heavy atom. The van der Waals surface area contributed by atoms with Crippen molar-refractivity contribution in [3.05, 3.63) is 0 Å². The van der Waals surface area contributed by atoms with Crippen LogP contribution in [0.25, 0.3) is 0 Å². The van der Waals surface area contributed by atoms with E-state index in [0.717, 1.165) is 57.3 Å². The van der Waals surface area contributed by atoms with Crippen LogP contribution in [0.5, 0.6) is 0 Å². The summed E-state index contributed by atoms with van der Waals surface area (Å²) in [6.45, 7) is 7.89. The number of unbranched alkanes of at least 4 members (excludes halogenated alkanes) is 12. The number of hydrogen-bond donors (Lipinski definition) is 0. The smallest absolute Gasteiger partial charge is 0.308 e. The molecule has 4 nitrogen and oxygen atoms in total. The van der Waals surface area contributed by atoms with Gasteiger partial charge < -0.3 is 9.47 Å². The van der Waals surface area contributed by atoms with E-state index < -0.39 is 0 Å². The summed E-state index contributed by atoms with van der Waals surface area (Å²) in [5.74, 6) is 0.619. The minimum absolute atomic E-state index is 0.0292. The van der Waals surface area contributed by atoms with Crippen LogP contribution in [0.4, 0.5) is 0 Å². The van der Waals surface area contributed by atoms with Crippen LogP contribution in [0, 0.1) is 17.8 Å². The molecule has 0 unspecified atom stereocenters. The van der Waals surface area contributed by atoms with Crippen LogP contribution in [0.1, 0.15) is 143 Å². The number of carbonyl (C=O) groups is 2. The molecule has 33 heavy (non-hydrogen) atoms. The van der Waals surface area contributed by atoms with Crippen LogP contribution in [-0.4, -0.2) is 25.2 Å². The van der Waals surface area contributed by atoms with Crippen molar-refractivity contribution in [3.8, 4) is 0 Å². The average molecular weight is 467 g/mol. The Bertz CT molecular complexity index is 480. The normalized spacial score (nSPS) is 18.4. The van der Waals surface area contributed by atoms with Crippen molar-refractivity contribution in [2.24, 2.45) is 17.8 Å². The molecular weight excluding hydrogens is 412 g/mol. The first-order chi connectivity index (χ1) is 16.0. The molecule has 0 aliphatic heterocycles. The van der Waals surface area contributed by atoms with Crippen molar-refractivity contribution in [3.63, 3.8) is 0 Å². The van der Waals surface area contributed by atoms with Gasteiger partial charge >= 0.3 is 11.9 Å². The highest BCUT2D eigenvalue weighted by Gasteiger charge is 2.31. The third-order valence-electron chi connectivity index (χ3n) is 7.06. The molecular formula is C29H54O4. The summed E-state index contributed by atoms with van der Waals surface area (Å²) in [7, 11) is 0. The molecule has 0 aromatic rings. The first-order valence-electron chi connectivity index (χ1n) is 14.4. The lowest BCUT2D eigenvalue weighted by Crippen LogP contribution is -2.28. The molecule has 1 saturated carbocycles. The fraction of sp³-hybridized carbons (Fsp3) is 0.931. The highest BCUT2D eigenvalue weighted by atomic mass is 16.5. The van der Waals surface area contributed by atoms with E-state index >= 15 is 0 Å². The third kappa shape index (κ3) is 16.2. The van der Waals surface area contributed by atoms with E-state index in [0.29, 0.717) is 13.2 Å². The van der Waals surface area contributed by atoms with Gasteiger partial charge in [-0.2, -0.15) is 0 Å².